The Hall–Kier alpha value is -2.78. The summed E-state index contributed by atoms with van der Waals surface area (Å²) < 4.78 is 0. The Labute approximate surface area is 154 Å². The second kappa shape index (κ2) is 9.07. The van der Waals surface area contributed by atoms with Gasteiger partial charge in [0.05, 0.1) is 12.2 Å². The van der Waals surface area contributed by atoms with Gasteiger partial charge in [-0.05, 0) is 56.5 Å². The number of likely N-dealkylation sites (N-methyl/N-ethyl adjacent to an activating group) is 1. The molecule has 0 saturated heterocycles. The molecular weight excluding hydrogens is 326 g/mol. The molecule has 0 aliphatic heterocycles. The van der Waals surface area contributed by atoms with Crippen molar-refractivity contribution in [3.8, 4) is 17.3 Å². The zero-order valence-electron chi connectivity index (χ0n) is 15.8. The van der Waals surface area contributed by atoms with E-state index in [4.69, 9.17) is 0 Å². The van der Waals surface area contributed by atoms with Gasteiger partial charge < -0.3 is 10.2 Å². The fourth-order valence-electron chi connectivity index (χ4n) is 2.47. The van der Waals surface area contributed by atoms with Gasteiger partial charge in [0.25, 0.3) is 0 Å². The molecule has 1 aromatic carbocycles. The number of rotatable bonds is 7. The minimum absolute atomic E-state index is 0.0517. The molecule has 2 aromatic rings. The second-order valence-corrected chi connectivity index (χ2v) is 6.55. The van der Waals surface area contributed by atoms with Gasteiger partial charge in [-0.15, -0.1) is 0 Å². The Morgan fingerprint density at radius 1 is 1.19 bits per heavy atom. The largest absolute Gasteiger partial charge is 0.348 e. The summed E-state index contributed by atoms with van der Waals surface area (Å²) >= 11 is 0. The maximum absolute atomic E-state index is 11.5. The number of carbonyl (C=O) groups excluding carboxylic acids is 1. The van der Waals surface area contributed by atoms with Crippen molar-refractivity contribution < 1.29 is 4.79 Å². The van der Waals surface area contributed by atoms with Gasteiger partial charge in [0.15, 0.2) is 0 Å². The molecule has 0 unspecified atom stereocenters. The van der Waals surface area contributed by atoms with E-state index in [1.54, 1.807) is 19.0 Å². The van der Waals surface area contributed by atoms with E-state index >= 15 is 0 Å². The molecule has 0 atom stereocenters. The van der Waals surface area contributed by atoms with Gasteiger partial charge >= 0.3 is 0 Å². The van der Waals surface area contributed by atoms with Crippen molar-refractivity contribution in [2.75, 3.05) is 27.2 Å². The monoisotopic (exact) mass is 351 g/mol. The summed E-state index contributed by atoms with van der Waals surface area (Å²) in [5.41, 5.74) is 5.01. The average molecular weight is 351 g/mol. The molecule has 0 bridgehead atoms. The summed E-state index contributed by atoms with van der Waals surface area (Å²) in [4.78, 5) is 21.7. The van der Waals surface area contributed by atoms with Crippen molar-refractivity contribution in [1.29, 1.82) is 5.26 Å². The number of amides is 1. The summed E-state index contributed by atoms with van der Waals surface area (Å²) in [7, 11) is 3.48. The fraction of sp³-hybridized carbons (Fsp3) is 0.400. The van der Waals surface area contributed by atoms with Gasteiger partial charge in [-0.25, -0.2) is 9.97 Å². The predicted octanol–water partition coefficient (Wildman–Crippen LogP) is 2.24. The summed E-state index contributed by atoms with van der Waals surface area (Å²) in [5, 5.41) is 12.4. The standard InChI is InChI=1S/C20H25N5O/c1-14-7-8-16(10-15(14)2)18-11-17(23-19(12-21)24-18)6-5-9-22-13-20(26)25(3)4/h7-8,10-11,22H,5-6,9,13H2,1-4H3. The third kappa shape index (κ3) is 5.36. The first-order valence-electron chi connectivity index (χ1n) is 8.67. The van der Waals surface area contributed by atoms with E-state index in [1.807, 2.05) is 18.2 Å². The Balaban J connectivity index is 2.04. The Morgan fingerprint density at radius 2 is 1.96 bits per heavy atom. The zero-order valence-corrected chi connectivity index (χ0v) is 15.8. The van der Waals surface area contributed by atoms with Crippen LogP contribution in [0, 0.1) is 25.2 Å². The van der Waals surface area contributed by atoms with Crippen LogP contribution in [0.5, 0.6) is 0 Å². The highest BCUT2D eigenvalue weighted by molar-refractivity contribution is 5.77. The molecule has 6 nitrogen and oxygen atoms in total. The molecule has 1 N–H and O–H groups in total. The molecule has 2 rings (SSSR count). The number of aromatic nitrogens is 2. The van der Waals surface area contributed by atoms with Gasteiger partial charge in [-0.2, -0.15) is 5.26 Å². The van der Waals surface area contributed by atoms with Crippen molar-refractivity contribution in [2.45, 2.75) is 26.7 Å². The van der Waals surface area contributed by atoms with Crippen LogP contribution in [0.2, 0.25) is 0 Å². The van der Waals surface area contributed by atoms with E-state index in [0.717, 1.165) is 29.8 Å². The number of carbonyl (C=O) groups is 1. The smallest absolute Gasteiger partial charge is 0.236 e. The fourth-order valence-corrected chi connectivity index (χ4v) is 2.47. The predicted molar refractivity (Wildman–Crippen MR) is 102 cm³/mol. The van der Waals surface area contributed by atoms with Gasteiger partial charge in [-0.3, -0.25) is 4.79 Å². The minimum atomic E-state index is 0.0517. The van der Waals surface area contributed by atoms with E-state index in [0.29, 0.717) is 13.1 Å². The van der Waals surface area contributed by atoms with E-state index in [-0.39, 0.29) is 11.7 Å². The SMILES string of the molecule is Cc1ccc(-c2cc(CCCNCC(=O)N(C)C)nc(C#N)n2)cc1C. The molecule has 0 fully saturated rings. The average Bonchev–Trinajstić information content (AvgIpc) is 2.63. The number of hydrogen-bond donors (Lipinski definition) is 1. The summed E-state index contributed by atoms with van der Waals surface area (Å²) in [5.74, 6) is 0.238. The molecule has 0 saturated carbocycles. The van der Waals surface area contributed by atoms with Crippen LogP contribution in [-0.4, -0.2) is 48.0 Å². The molecule has 0 spiro atoms. The Kier molecular flexibility index (Phi) is 6.81. The van der Waals surface area contributed by atoms with Crippen LogP contribution in [0.3, 0.4) is 0 Å². The number of benzene rings is 1. The lowest BCUT2D eigenvalue weighted by Gasteiger charge is -2.11. The molecule has 0 aliphatic rings. The molecule has 0 aliphatic carbocycles. The molecule has 136 valence electrons. The van der Waals surface area contributed by atoms with E-state index in [9.17, 15) is 10.1 Å². The normalized spacial score (nSPS) is 10.4. The maximum Gasteiger partial charge on any atom is 0.236 e. The lowest BCUT2D eigenvalue weighted by molar-refractivity contribution is -0.127. The topological polar surface area (TPSA) is 81.9 Å². The maximum atomic E-state index is 11.5. The summed E-state index contributed by atoms with van der Waals surface area (Å²) in [6, 6.07) is 10.1. The van der Waals surface area contributed by atoms with Gasteiger partial charge in [0.2, 0.25) is 11.7 Å². The molecular formula is C20H25N5O. The van der Waals surface area contributed by atoms with Crippen molar-refractivity contribution in [3.63, 3.8) is 0 Å². The number of nitrogens with one attached hydrogen (secondary N) is 1. The molecule has 1 heterocycles. The van der Waals surface area contributed by atoms with Crippen LogP contribution in [-0.2, 0) is 11.2 Å². The Bertz CT molecular complexity index is 823. The van der Waals surface area contributed by atoms with E-state index in [2.05, 4.69) is 41.3 Å². The zero-order chi connectivity index (χ0) is 19.1. The van der Waals surface area contributed by atoms with Gasteiger partial charge in [-0.1, -0.05) is 12.1 Å². The lowest BCUT2D eigenvalue weighted by Crippen LogP contribution is -2.33. The first-order chi connectivity index (χ1) is 12.4. The van der Waals surface area contributed by atoms with E-state index in [1.165, 1.54) is 11.1 Å². The minimum Gasteiger partial charge on any atom is -0.348 e. The molecule has 26 heavy (non-hydrogen) atoms. The Morgan fingerprint density at radius 3 is 2.62 bits per heavy atom. The van der Waals surface area contributed by atoms with Crippen LogP contribution in [0.4, 0.5) is 0 Å². The van der Waals surface area contributed by atoms with Gasteiger partial charge in [0.1, 0.15) is 6.07 Å². The number of aryl methyl sites for hydroxylation is 3. The van der Waals surface area contributed by atoms with Crippen LogP contribution in [0.25, 0.3) is 11.3 Å². The van der Waals surface area contributed by atoms with Crippen LogP contribution >= 0.6 is 0 Å². The van der Waals surface area contributed by atoms with Crippen LogP contribution in [0.15, 0.2) is 24.3 Å². The van der Waals surface area contributed by atoms with Crippen LogP contribution in [0.1, 0.15) is 29.1 Å². The third-order valence-corrected chi connectivity index (χ3v) is 4.24. The summed E-state index contributed by atoms with van der Waals surface area (Å²) in [6.07, 6.45) is 1.55. The highest BCUT2D eigenvalue weighted by Gasteiger charge is 2.08. The first kappa shape index (κ1) is 19.5. The molecule has 6 heteroatoms. The van der Waals surface area contributed by atoms with Crippen molar-refractivity contribution in [2.24, 2.45) is 0 Å². The number of hydrogen-bond acceptors (Lipinski definition) is 5. The molecule has 1 aromatic heterocycles. The number of nitriles is 1. The van der Waals surface area contributed by atoms with Crippen LogP contribution < -0.4 is 5.32 Å². The first-order valence-corrected chi connectivity index (χ1v) is 8.67. The third-order valence-electron chi connectivity index (χ3n) is 4.24. The number of nitrogens with zero attached hydrogens (tertiary/aromatic N) is 4. The lowest BCUT2D eigenvalue weighted by atomic mass is 10.0. The van der Waals surface area contributed by atoms with Crippen molar-refractivity contribution >= 4 is 5.91 Å². The summed E-state index contributed by atoms with van der Waals surface area (Å²) in [6.45, 7) is 5.17. The van der Waals surface area contributed by atoms with Gasteiger partial charge in [0, 0.05) is 25.4 Å². The molecule has 0 radical (unpaired) electrons. The quantitative estimate of drug-likeness (QED) is 0.774. The highest BCUT2D eigenvalue weighted by atomic mass is 16.2. The van der Waals surface area contributed by atoms with Crippen molar-refractivity contribution in [1.82, 2.24) is 20.2 Å². The van der Waals surface area contributed by atoms with E-state index < -0.39 is 0 Å². The second-order valence-electron chi connectivity index (χ2n) is 6.55. The molecule has 1 amide bonds. The highest BCUT2D eigenvalue weighted by Crippen LogP contribution is 2.21. The van der Waals surface area contributed by atoms with Crippen molar-refractivity contribution in [3.05, 3.63) is 46.9 Å².